The van der Waals surface area contributed by atoms with Gasteiger partial charge in [0.25, 0.3) is 0 Å². The van der Waals surface area contributed by atoms with Crippen molar-refractivity contribution in [2.75, 3.05) is 6.54 Å². The molecule has 0 bridgehead atoms. The third-order valence-electron chi connectivity index (χ3n) is 3.25. The average Bonchev–Trinajstić information content (AvgIpc) is 2.83. The Balaban J connectivity index is 2.04. The van der Waals surface area contributed by atoms with Crippen LogP contribution >= 0.6 is 0 Å². The number of amides is 1. The summed E-state index contributed by atoms with van der Waals surface area (Å²) < 4.78 is 7.30. The minimum Gasteiger partial charge on any atom is -0.444 e. The van der Waals surface area contributed by atoms with Crippen molar-refractivity contribution in [1.29, 1.82) is 0 Å². The molecule has 1 aromatic rings. The van der Waals surface area contributed by atoms with E-state index in [1.807, 2.05) is 44.6 Å². The molecule has 1 aliphatic heterocycles. The van der Waals surface area contributed by atoms with Crippen molar-refractivity contribution in [3.05, 3.63) is 18.0 Å². The van der Waals surface area contributed by atoms with Crippen LogP contribution in [0.2, 0.25) is 0 Å². The lowest BCUT2D eigenvalue weighted by Gasteiger charge is -2.28. The molecule has 2 N–H and O–H groups in total. The molecule has 0 unspecified atom stereocenters. The van der Waals surface area contributed by atoms with Crippen LogP contribution < -0.4 is 5.73 Å². The number of carbonyl (C=O) groups is 1. The number of aromatic nitrogens is 2. The van der Waals surface area contributed by atoms with E-state index in [9.17, 15) is 4.79 Å². The molecule has 0 aliphatic carbocycles. The molecule has 6 heteroatoms. The highest BCUT2D eigenvalue weighted by Gasteiger charge is 2.36. The van der Waals surface area contributed by atoms with Crippen LogP contribution in [0.5, 0.6) is 0 Å². The molecule has 2 heterocycles. The molecule has 20 heavy (non-hydrogen) atoms. The Morgan fingerprint density at radius 3 is 2.80 bits per heavy atom. The van der Waals surface area contributed by atoms with Crippen LogP contribution in [0, 0.1) is 6.92 Å². The van der Waals surface area contributed by atoms with Gasteiger partial charge in [0.05, 0.1) is 18.3 Å². The highest BCUT2D eigenvalue weighted by Crippen LogP contribution is 2.21. The van der Waals surface area contributed by atoms with Crippen LogP contribution in [0.25, 0.3) is 0 Å². The van der Waals surface area contributed by atoms with E-state index in [1.54, 1.807) is 4.90 Å². The van der Waals surface area contributed by atoms with Gasteiger partial charge in [0.2, 0.25) is 0 Å². The lowest BCUT2D eigenvalue weighted by molar-refractivity contribution is 0.0210. The molecule has 0 radical (unpaired) electrons. The second kappa shape index (κ2) is 5.44. The highest BCUT2D eigenvalue weighted by atomic mass is 16.6. The number of hydrogen-bond acceptors (Lipinski definition) is 4. The van der Waals surface area contributed by atoms with Gasteiger partial charge >= 0.3 is 6.09 Å². The lowest BCUT2D eigenvalue weighted by Crippen LogP contribution is -2.42. The summed E-state index contributed by atoms with van der Waals surface area (Å²) in [5.41, 5.74) is 6.48. The molecule has 1 aromatic heterocycles. The van der Waals surface area contributed by atoms with Crippen LogP contribution in [0.4, 0.5) is 4.79 Å². The number of nitrogens with two attached hydrogens (primary N) is 1. The zero-order valence-corrected chi connectivity index (χ0v) is 12.7. The first-order valence-corrected chi connectivity index (χ1v) is 7.00. The summed E-state index contributed by atoms with van der Waals surface area (Å²) in [5, 5.41) is 4.36. The van der Waals surface area contributed by atoms with Crippen LogP contribution in [0.15, 0.2) is 12.3 Å². The van der Waals surface area contributed by atoms with Gasteiger partial charge in [-0.3, -0.25) is 4.68 Å². The molecule has 1 saturated heterocycles. The molecular weight excluding hydrogens is 256 g/mol. The van der Waals surface area contributed by atoms with Crippen LogP contribution in [-0.2, 0) is 11.3 Å². The van der Waals surface area contributed by atoms with E-state index in [0.717, 1.165) is 12.1 Å². The molecule has 112 valence electrons. The van der Waals surface area contributed by atoms with Crippen LogP contribution in [0.1, 0.15) is 32.9 Å². The standard InChI is InChI=1S/C14H24N4O2/c1-10-5-6-17(16-10)9-12-7-11(15)8-18(12)13(19)20-14(2,3)4/h5-6,11-12H,7-9,15H2,1-4H3/t11-,12+/m1/s1. The van der Waals surface area contributed by atoms with Gasteiger partial charge in [-0.15, -0.1) is 0 Å². The van der Waals surface area contributed by atoms with E-state index in [1.165, 1.54) is 0 Å². The number of aryl methyl sites for hydroxylation is 1. The Hall–Kier alpha value is -1.56. The first kappa shape index (κ1) is 14.8. The van der Waals surface area contributed by atoms with Crippen molar-refractivity contribution < 1.29 is 9.53 Å². The topological polar surface area (TPSA) is 73.4 Å². The van der Waals surface area contributed by atoms with E-state index in [4.69, 9.17) is 10.5 Å². The summed E-state index contributed by atoms with van der Waals surface area (Å²) in [6.07, 6.45) is 2.41. The molecule has 1 amide bonds. The Morgan fingerprint density at radius 2 is 2.25 bits per heavy atom. The fourth-order valence-corrected chi connectivity index (χ4v) is 2.45. The van der Waals surface area contributed by atoms with E-state index in [2.05, 4.69) is 5.10 Å². The van der Waals surface area contributed by atoms with Gasteiger partial charge in [0.15, 0.2) is 0 Å². The van der Waals surface area contributed by atoms with Crippen molar-refractivity contribution >= 4 is 6.09 Å². The largest absolute Gasteiger partial charge is 0.444 e. The van der Waals surface area contributed by atoms with Crippen molar-refractivity contribution in [3.63, 3.8) is 0 Å². The third kappa shape index (κ3) is 3.72. The summed E-state index contributed by atoms with van der Waals surface area (Å²) in [5.74, 6) is 0. The molecule has 0 spiro atoms. The SMILES string of the molecule is Cc1ccn(C[C@@H]2C[C@@H](N)CN2C(=O)OC(C)(C)C)n1. The van der Waals surface area contributed by atoms with Gasteiger partial charge in [0, 0.05) is 18.8 Å². The fraction of sp³-hybridized carbons (Fsp3) is 0.714. The van der Waals surface area contributed by atoms with Crippen molar-refractivity contribution in [3.8, 4) is 0 Å². The Morgan fingerprint density at radius 1 is 1.55 bits per heavy atom. The van der Waals surface area contributed by atoms with Gasteiger partial charge in [-0.1, -0.05) is 0 Å². The van der Waals surface area contributed by atoms with E-state index >= 15 is 0 Å². The first-order chi connectivity index (χ1) is 9.24. The van der Waals surface area contributed by atoms with Crippen LogP contribution in [-0.4, -0.2) is 45.0 Å². The minimum atomic E-state index is -0.489. The third-order valence-corrected chi connectivity index (χ3v) is 3.25. The summed E-state index contributed by atoms with van der Waals surface area (Å²) in [7, 11) is 0. The quantitative estimate of drug-likeness (QED) is 0.891. The van der Waals surface area contributed by atoms with Gasteiger partial charge in [-0.05, 0) is 40.2 Å². The van der Waals surface area contributed by atoms with E-state index in [0.29, 0.717) is 13.1 Å². The van der Waals surface area contributed by atoms with Crippen molar-refractivity contribution in [2.45, 2.75) is 58.3 Å². The Kier molecular flexibility index (Phi) is 4.04. The number of nitrogens with zero attached hydrogens (tertiary/aromatic N) is 3. The van der Waals surface area contributed by atoms with Crippen molar-refractivity contribution in [1.82, 2.24) is 14.7 Å². The monoisotopic (exact) mass is 280 g/mol. The predicted molar refractivity (Wildman–Crippen MR) is 76.3 cm³/mol. The molecule has 0 saturated carbocycles. The second-order valence-corrected chi connectivity index (χ2v) is 6.46. The number of hydrogen-bond donors (Lipinski definition) is 1. The number of carbonyl (C=O) groups excluding carboxylic acids is 1. The highest BCUT2D eigenvalue weighted by molar-refractivity contribution is 5.69. The fourth-order valence-electron chi connectivity index (χ4n) is 2.45. The minimum absolute atomic E-state index is 0.00387. The normalized spacial score (nSPS) is 23.1. The average molecular weight is 280 g/mol. The molecule has 2 rings (SSSR count). The zero-order valence-electron chi connectivity index (χ0n) is 12.7. The van der Waals surface area contributed by atoms with Gasteiger partial charge in [-0.25, -0.2) is 4.79 Å². The first-order valence-electron chi connectivity index (χ1n) is 7.00. The van der Waals surface area contributed by atoms with Gasteiger partial charge in [-0.2, -0.15) is 5.10 Å². The molecule has 0 aromatic carbocycles. The molecular formula is C14H24N4O2. The number of ether oxygens (including phenoxy) is 1. The maximum absolute atomic E-state index is 12.2. The summed E-state index contributed by atoms with van der Waals surface area (Å²) in [6.45, 7) is 8.75. The summed E-state index contributed by atoms with van der Waals surface area (Å²) in [4.78, 5) is 14.0. The Labute approximate surface area is 119 Å². The second-order valence-electron chi connectivity index (χ2n) is 6.46. The molecule has 6 nitrogen and oxygen atoms in total. The molecule has 1 fully saturated rings. The number of likely N-dealkylation sites (tertiary alicyclic amines) is 1. The smallest absolute Gasteiger partial charge is 0.410 e. The van der Waals surface area contributed by atoms with E-state index < -0.39 is 5.60 Å². The maximum atomic E-state index is 12.2. The zero-order chi connectivity index (χ0) is 14.9. The Bertz CT molecular complexity index is 478. The van der Waals surface area contributed by atoms with Gasteiger partial charge < -0.3 is 15.4 Å². The van der Waals surface area contributed by atoms with E-state index in [-0.39, 0.29) is 18.2 Å². The molecule has 1 aliphatic rings. The predicted octanol–water partition coefficient (Wildman–Crippen LogP) is 1.53. The molecule has 2 atom stereocenters. The number of rotatable bonds is 2. The summed E-state index contributed by atoms with van der Waals surface area (Å²) >= 11 is 0. The van der Waals surface area contributed by atoms with Crippen LogP contribution in [0.3, 0.4) is 0 Å². The van der Waals surface area contributed by atoms with Gasteiger partial charge in [0.1, 0.15) is 5.60 Å². The lowest BCUT2D eigenvalue weighted by atomic mass is 10.2. The summed E-state index contributed by atoms with van der Waals surface area (Å²) in [6, 6.07) is 2.00. The maximum Gasteiger partial charge on any atom is 0.410 e. The van der Waals surface area contributed by atoms with Crippen molar-refractivity contribution in [2.24, 2.45) is 5.73 Å².